The van der Waals surface area contributed by atoms with Gasteiger partial charge in [0.2, 0.25) is 0 Å². The molecule has 1 rings (SSSR count). The van der Waals surface area contributed by atoms with E-state index in [0.717, 1.165) is 18.5 Å². The molecule has 0 aliphatic rings. The van der Waals surface area contributed by atoms with Gasteiger partial charge in [-0.2, -0.15) is 0 Å². The van der Waals surface area contributed by atoms with Gasteiger partial charge in [0.25, 0.3) is 0 Å². The van der Waals surface area contributed by atoms with Crippen LogP contribution in [0, 0.1) is 0 Å². The van der Waals surface area contributed by atoms with Crippen molar-refractivity contribution in [1.82, 2.24) is 10.3 Å². The molecule has 0 unspecified atom stereocenters. The van der Waals surface area contributed by atoms with Crippen LogP contribution in [0.5, 0.6) is 0 Å². The number of aryl methyl sites for hydroxylation is 1. The SMILES string of the molecule is CCCc1cc(C(=O)O)cc(NCCNC(N)=O)n1. The summed E-state index contributed by atoms with van der Waals surface area (Å²) >= 11 is 0. The normalized spacial score (nSPS) is 9.95. The maximum Gasteiger partial charge on any atom is 0.335 e. The molecule has 0 saturated heterocycles. The molecule has 0 aliphatic carbocycles. The van der Waals surface area contributed by atoms with Crippen LogP contribution in [0.1, 0.15) is 29.4 Å². The summed E-state index contributed by atoms with van der Waals surface area (Å²) in [6.07, 6.45) is 1.61. The van der Waals surface area contributed by atoms with Gasteiger partial charge in [0.15, 0.2) is 0 Å². The van der Waals surface area contributed by atoms with Gasteiger partial charge in [0, 0.05) is 18.8 Å². The van der Waals surface area contributed by atoms with Crippen LogP contribution >= 0.6 is 0 Å². The van der Waals surface area contributed by atoms with E-state index in [2.05, 4.69) is 15.6 Å². The highest BCUT2D eigenvalue weighted by Crippen LogP contribution is 2.12. The first-order chi connectivity index (χ1) is 9.02. The Labute approximate surface area is 111 Å². The van der Waals surface area contributed by atoms with E-state index in [1.54, 1.807) is 6.07 Å². The lowest BCUT2D eigenvalue weighted by Crippen LogP contribution is -2.33. The number of hydrogen-bond donors (Lipinski definition) is 4. The Hall–Kier alpha value is -2.31. The fourth-order valence-electron chi connectivity index (χ4n) is 1.56. The van der Waals surface area contributed by atoms with Crippen molar-refractivity contribution in [2.45, 2.75) is 19.8 Å². The molecule has 7 heteroatoms. The summed E-state index contributed by atoms with van der Waals surface area (Å²) < 4.78 is 0. The topological polar surface area (TPSA) is 117 Å². The fourth-order valence-corrected chi connectivity index (χ4v) is 1.56. The first-order valence-electron chi connectivity index (χ1n) is 6.04. The lowest BCUT2D eigenvalue weighted by molar-refractivity contribution is 0.0696. The van der Waals surface area contributed by atoms with E-state index >= 15 is 0 Å². The van der Waals surface area contributed by atoms with Gasteiger partial charge in [-0.1, -0.05) is 13.3 Å². The molecule has 5 N–H and O–H groups in total. The van der Waals surface area contributed by atoms with Crippen LogP contribution in [0.2, 0.25) is 0 Å². The number of pyridine rings is 1. The predicted octanol–water partition coefficient (Wildman–Crippen LogP) is 0.813. The third-order valence-electron chi connectivity index (χ3n) is 2.36. The Morgan fingerprint density at radius 2 is 2.11 bits per heavy atom. The largest absolute Gasteiger partial charge is 0.478 e. The number of carboxylic acid groups (broad SMARTS) is 1. The van der Waals surface area contributed by atoms with Crippen LogP contribution < -0.4 is 16.4 Å². The number of nitrogens with two attached hydrogens (primary N) is 1. The Kier molecular flexibility index (Phi) is 5.59. The Balaban J connectivity index is 2.70. The van der Waals surface area contributed by atoms with Crippen LogP contribution in [-0.2, 0) is 6.42 Å². The molecule has 0 aromatic carbocycles. The number of nitrogens with one attached hydrogen (secondary N) is 2. The van der Waals surface area contributed by atoms with E-state index in [1.807, 2.05) is 6.92 Å². The van der Waals surface area contributed by atoms with Crippen LogP contribution in [0.25, 0.3) is 0 Å². The summed E-state index contributed by atoms with van der Waals surface area (Å²) in [6.45, 7) is 2.76. The van der Waals surface area contributed by atoms with Crippen LogP contribution in [-0.4, -0.2) is 35.2 Å². The Bertz CT molecular complexity index is 462. The van der Waals surface area contributed by atoms with Gasteiger partial charge < -0.3 is 21.5 Å². The third-order valence-corrected chi connectivity index (χ3v) is 2.36. The molecule has 0 fully saturated rings. The monoisotopic (exact) mass is 266 g/mol. The fraction of sp³-hybridized carbons (Fsp3) is 0.417. The molecule has 0 radical (unpaired) electrons. The molecule has 0 aliphatic heterocycles. The molecule has 0 saturated carbocycles. The van der Waals surface area contributed by atoms with Gasteiger partial charge in [-0.25, -0.2) is 14.6 Å². The number of hydrogen-bond acceptors (Lipinski definition) is 4. The van der Waals surface area contributed by atoms with Crippen molar-refractivity contribution in [3.05, 3.63) is 23.4 Å². The van der Waals surface area contributed by atoms with Crippen molar-refractivity contribution >= 4 is 17.8 Å². The molecule has 0 bridgehead atoms. The quantitative estimate of drug-likeness (QED) is 0.545. The molecular formula is C12H18N4O3. The predicted molar refractivity (Wildman–Crippen MR) is 71.3 cm³/mol. The van der Waals surface area contributed by atoms with Crippen LogP contribution in [0.15, 0.2) is 12.1 Å². The first-order valence-corrected chi connectivity index (χ1v) is 6.04. The van der Waals surface area contributed by atoms with Crippen molar-refractivity contribution in [2.24, 2.45) is 5.73 Å². The summed E-state index contributed by atoms with van der Waals surface area (Å²) in [5, 5.41) is 14.4. The van der Waals surface area contributed by atoms with E-state index in [-0.39, 0.29) is 5.56 Å². The van der Waals surface area contributed by atoms with Crippen molar-refractivity contribution in [2.75, 3.05) is 18.4 Å². The van der Waals surface area contributed by atoms with Gasteiger partial charge in [-0.05, 0) is 18.6 Å². The lowest BCUT2D eigenvalue weighted by Gasteiger charge is -2.09. The van der Waals surface area contributed by atoms with E-state index in [0.29, 0.717) is 18.9 Å². The Morgan fingerprint density at radius 1 is 1.37 bits per heavy atom. The maximum absolute atomic E-state index is 11.0. The number of carbonyl (C=O) groups is 2. The first kappa shape index (κ1) is 14.7. The molecule has 0 spiro atoms. The van der Waals surface area contributed by atoms with Gasteiger partial charge in [-0.15, -0.1) is 0 Å². The van der Waals surface area contributed by atoms with Crippen molar-refractivity contribution in [1.29, 1.82) is 0 Å². The second-order valence-electron chi connectivity index (χ2n) is 4.01. The standard InChI is InChI=1S/C12H18N4O3/c1-2-3-9-6-8(11(17)18)7-10(16-9)14-4-5-15-12(13)19/h6-7H,2-5H2,1H3,(H,14,16)(H,17,18)(H3,13,15,19). The Morgan fingerprint density at radius 3 is 2.68 bits per heavy atom. The lowest BCUT2D eigenvalue weighted by atomic mass is 10.1. The second-order valence-corrected chi connectivity index (χ2v) is 4.01. The minimum Gasteiger partial charge on any atom is -0.478 e. The van der Waals surface area contributed by atoms with Gasteiger partial charge in [0.05, 0.1) is 5.56 Å². The van der Waals surface area contributed by atoms with E-state index < -0.39 is 12.0 Å². The number of amides is 2. The number of carboxylic acids is 1. The zero-order valence-electron chi connectivity index (χ0n) is 10.8. The van der Waals surface area contributed by atoms with Crippen LogP contribution in [0.3, 0.4) is 0 Å². The molecule has 1 aromatic rings. The zero-order chi connectivity index (χ0) is 14.3. The summed E-state index contributed by atoms with van der Waals surface area (Å²) in [5.74, 6) is -0.507. The van der Waals surface area contributed by atoms with E-state index in [1.165, 1.54) is 6.07 Å². The third kappa shape index (κ3) is 5.24. The average molecular weight is 266 g/mol. The second kappa shape index (κ2) is 7.20. The number of rotatable bonds is 7. The van der Waals surface area contributed by atoms with Gasteiger partial charge >= 0.3 is 12.0 Å². The zero-order valence-corrected chi connectivity index (χ0v) is 10.8. The molecule has 0 atom stereocenters. The maximum atomic E-state index is 11.0. The van der Waals surface area contributed by atoms with Crippen molar-refractivity contribution < 1.29 is 14.7 Å². The molecule has 2 amide bonds. The van der Waals surface area contributed by atoms with Crippen molar-refractivity contribution in [3.63, 3.8) is 0 Å². The van der Waals surface area contributed by atoms with E-state index in [9.17, 15) is 9.59 Å². The van der Waals surface area contributed by atoms with Crippen molar-refractivity contribution in [3.8, 4) is 0 Å². The highest BCUT2D eigenvalue weighted by atomic mass is 16.4. The highest BCUT2D eigenvalue weighted by molar-refractivity contribution is 5.88. The van der Waals surface area contributed by atoms with Gasteiger partial charge in [-0.3, -0.25) is 0 Å². The molecule has 1 heterocycles. The number of nitrogens with zero attached hydrogens (tertiary/aromatic N) is 1. The molecule has 1 aromatic heterocycles. The average Bonchev–Trinajstić information content (AvgIpc) is 2.34. The summed E-state index contributed by atoms with van der Waals surface area (Å²) in [5.41, 5.74) is 5.86. The number of aromatic carboxylic acids is 1. The summed E-state index contributed by atoms with van der Waals surface area (Å²) in [7, 11) is 0. The minimum atomic E-state index is -0.988. The summed E-state index contributed by atoms with van der Waals surface area (Å²) in [4.78, 5) is 25.8. The molecule has 104 valence electrons. The van der Waals surface area contributed by atoms with Crippen LogP contribution in [0.4, 0.5) is 10.6 Å². The van der Waals surface area contributed by atoms with E-state index in [4.69, 9.17) is 10.8 Å². The molecule has 7 nitrogen and oxygen atoms in total. The number of aromatic nitrogens is 1. The van der Waals surface area contributed by atoms with Gasteiger partial charge in [0.1, 0.15) is 5.82 Å². The minimum absolute atomic E-state index is 0.198. The number of carbonyl (C=O) groups excluding carboxylic acids is 1. The number of anilines is 1. The highest BCUT2D eigenvalue weighted by Gasteiger charge is 2.08. The summed E-state index contributed by atoms with van der Waals surface area (Å²) in [6, 6.07) is 2.44. The smallest absolute Gasteiger partial charge is 0.335 e. The number of primary amides is 1. The molecular weight excluding hydrogens is 248 g/mol. The number of urea groups is 1. The molecule has 19 heavy (non-hydrogen) atoms.